The van der Waals surface area contributed by atoms with Crippen molar-refractivity contribution in [2.24, 2.45) is 0 Å². The predicted molar refractivity (Wildman–Crippen MR) is 34.0 cm³/mol. The van der Waals surface area contributed by atoms with Crippen LogP contribution in [0.15, 0.2) is 12.4 Å². The topological polar surface area (TPSA) is 25.8 Å². The third-order valence-electron chi connectivity index (χ3n) is 1.64. The van der Waals surface area contributed by atoms with Crippen LogP contribution in [-0.2, 0) is 0 Å². The minimum Gasteiger partial charge on any atom is -0.255 e. The quantitative estimate of drug-likeness (QED) is 0.587. The standard InChI is InChI=1S/C7H7FN2/c8-7-4-9-6(3-10-7)5-1-2-5/h3-5H,1-2H2. The van der Waals surface area contributed by atoms with Gasteiger partial charge in [0, 0.05) is 5.92 Å². The molecule has 1 aromatic heterocycles. The van der Waals surface area contributed by atoms with Crippen molar-refractivity contribution in [2.75, 3.05) is 0 Å². The lowest BCUT2D eigenvalue weighted by Crippen LogP contribution is -1.89. The van der Waals surface area contributed by atoms with Crippen molar-refractivity contribution in [3.8, 4) is 0 Å². The number of hydrogen-bond acceptors (Lipinski definition) is 2. The van der Waals surface area contributed by atoms with Crippen LogP contribution >= 0.6 is 0 Å². The van der Waals surface area contributed by atoms with Crippen LogP contribution in [0, 0.1) is 5.95 Å². The van der Waals surface area contributed by atoms with Crippen LogP contribution in [0.5, 0.6) is 0 Å². The van der Waals surface area contributed by atoms with Gasteiger partial charge in [0.05, 0.1) is 18.1 Å². The summed E-state index contributed by atoms with van der Waals surface area (Å²) in [4.78, 5) is 7.41. The summed E-state index contributed by atoms with van der Waals surface area (Å²) in [5.74, 6) is 0.0671. The number of aromatic nitrogens is 2. The molecule has 0 N–H and O–H groups in total. The van der Waals surface area contributed by atoms with Gasteiger partial charge >= 0.3 is 0 Å². The zero-order valence-corrected chi connectivity index (χ0v) is 5.42. The zero-order valence-electron chi connectivity index (χ0n) is 5.42. The summed E-state index contributed by atoms with van der Waals surface area (Å²) in [6.45, 7) is 0. The Labute approximate surface area is 58.1 Å². The minimum absolute atomic E-state index is 0.496. The second-order valence-corrected chi connectivity index (χ2v) is 2.54. The van der Waals surface area contributed by atoms with E-state index >= 15 is 0 Å². The normalized spacial score (nSPS) is 17.3. The third kappa shape index (κ3) is 0.988. The molecular formula is C7H7FN2. The Kier molecular flexibility index (Phi) is 1.16. The molecule has 1 aromatic rings. The van der Waals surface area contributed by atoms with E-state index in [-0.39, 0.29) is 0 Å². The summed E-state index contributed by atoms with van der Waals surface area (Å²) in [6, 6.07) is 0. The van der Waals surface area contributed by atoms with E-state index in [0.29, 0.717) is 5.92 Å². The van der Waals surface area contributed by atoms with Gasteiger partial charge in [-0.1, -0.05) is 0 Å². The molecule has 1 fully saturated rings. The molecule has 1 saturated carbocycles. The largest absolute Gasteiger partial charge is 0.255 e. The maximum atomic E-state index is 12.2. The lowest BCUT2D eigenvalue weighted by Gasteiger charge is -1.92. The highest BCUT2D eigenvalue weighted by Gasteiger charge is 2.24. The Morgan fingerprint density at radius 1 is 1.30 bits per heavy atom. The monoisotopic (exact) mass is 138 g/mol. The maximum Gasteiger partial charge on any atom is 0.231 e. The van der Waals surface area contributed by atoms with Gasteiger partial charge in [0.15, 0.2) is 0 Å². The molecule has 2 nitrogen and oxygen atoms in total. The van der Waals surface area contributed by atoms with Crippen LogP contribution in [-0.4, -0.2) is 9.97 Å². The maximum absolute atomic E-state index is 12.2. The van der Waals surface area contributed by atoms with Gasteiger partial charge in [0.25, 0.3) is 0 Å². The molecule has 0 amide bonds. The average molecular weight is 138 g/mol. The number of nitrogens with zero attached hydrogens (tertiary/aromatic N) is 2. The molecule has 1 aliphatic rings. The second kappa shape index (κ2) is 2.01. The van der Waals surface area contributed by atoms with Gasteiger partial charge in [0.2, 0.25) is 5.95 Å². The minimum atomic E-state index is -0.496. The Bertz CT molecular complexity index is 228. The first kappa shape index (κ1) is 5.77. The summed E-state index contributed by atoms with van der Waals surface area (Å²) >= 11 is 0. The van der Waals surface area contributed by atoms with Gasteiger partial charge < -0.3 is 0 Å². The molecule has 2 rings (SSSR count). The van der Waals surface area contributed by atoms with Crippen molar-refractivity contribution in [1.82, 2.24) is 9.97 Å². The summed E-state index contributed by atoms with van der Waals surface area (Å²) < 4.78 is 12.2. The Balaban J connectivity index is 2.28. The molecule has 0 aliphatic heterocycles. The number of rotatable bonds is 1. The summed E-state index contributed by atoms with van der Waals surface area (Å²) in [6.07, 6.45) is 5.06. The van der Waals surface area contributed by atoms with Crippen LogP contribution in [0.2, 0.25) is 0 Å². The van der Waals surface area contributed by atoms with E-state index in [1.54, 1.807) is 0 Å². The fourth-order valence-corrected chi connectivity index (χ4v) is 0.912. The van der Waals surface area contributed by atoms with Crippen molar-refractivity contribution in [1.29, 1.82) is 0 Å². The molecule has 52 valence electrons. The first-order valence-corrected chi connectivity index (χ1v) is 3.34. The summed E-state index contributed by atoms with van der Waals surface area (Å²) in [5, 5.41) is 0. The molecule has 3 heteroatoms. The molecule has 10 heavy (non-hydrogen) atoms. The lowest BCUT2D eigenvalue weighted by atomic mass is 10.3. The van der Waals surface area contributed by atoms with Crippen LogP contribution in [0.25, 0.3) is 0 Å². The predicted octanol–water partition coefficient (Wildman–Crippen LogP) is 1.49. The van der Waals surface area contributed by atoms with Crippen molar-refractivity contribution in [3.63, 3.8) is 0 Å². The molecule has 1 aliphatic carbocycles. The molecular weight excluding hydrogens is 131 g/mol. The van der Waals surface area contributed by atoms with Gasteiger partial charge in [-0.2, -0.15) is 4.39 Å². The fourth-order valence-electron chi connectivity index (χ4n) is 0.912. The number of hydrogen-bond donors (Lipinski definition) is 0. The first-order chi connectivity index (χ1) is 4.86. The summed E-state index contributed by atoms with van der Waals surface area (Å²) in [5.41, 5.74) is 0.932. The molecule has 0 unspecified atom stereocenters. The Morgan fingerprint density at radius 2 is 2.10 bits per heavy atom. The SMILES string of the molecule is Fc1cnc(C2CC2)cn1. The van der Waals surface area contributed by atoms with E-state index in [4.69, 9.17) is 0 Å². The van der Waals surface area contributed by atoms with E-state index in [1.165, 1.54) is 25.2 Å². The van der Waals surface area contributed by atoms with Crippen molar-refractivity contribution in [2.45, 2.75) is 18.8 Å². The van der Waals surface area contributed by atoms with Crippen LogP contribution in [0.1, 0.15) is 24.5 Å². The van der Waals surface area contributed by atoms with E-state index in [9.17, 15) is 4.39 Å². The van der Waals surface area contributed by atoms with Gasteiger partial charge in [0.1, 0.15) is 0 Å². The average Bonchev–Trinajstić information content (AvgIpc) is 2.71. The summed E-state index contributed by atoms with van der Waals surface area (Å²) in [7, 11) is 0. The van der Waals surface area contributed by atoms with Crippen molar-refractivity contribution in [3.05, 3.63) is 24.0 Å². The van der Waals surface area contributed by atoms with E-state index < -0.39 is 5.95 Å². The molecule has 0 aromatic carbocycles. The van der Waals surface area contributed by atoms with Gasteiger partial charge in [-0.25, -0.2) is 4.98 Å². The Morgan fingerprint density at radius 3 is 2.60 bits per heavy atom. The fraction of sp³-hybridized carbons (Fsp3) is 0.429. The highest BCUT2D eigenvalue weighted by atomic mass is 19.1. The van der Waals surface area contributed by atoms with Gasteiger partial charge in [-0.15, -0.1) is 0 Å². The molecule has 1 heterocycles. The van der Waals surface area contributed by atoms with Crippen molar-refractivity contribution >= 4 is 0 Å². The van der Waals surface area contributed by atoms with Gasteiger partial charge in [-0.05, 0) is 12.8 Å². The lowest BCUT2D eigenvalue weighted by molar-refractivity contribution is 0.573. The zero-order chi connectivity index (χ0) is 6.97. The van der Waals surface area contributed by atoms with Gasteiger partial charge in [-0.3, -0.25) is 4.98 Å². The van der Waals surface area contributed by atoms with Crippen LogP contribution in [0.4, 0.5) is 4.39 Å². The van der Waals surface area contributed by atoms with E-state index in [0.717, 1.165) is 5.69 Å². The number of halogens is 1. The molecule has 0 bridgehead atoms. The second-order valence-electron chi connectivity index (χ2n) is 2.54. The highest BCUT2D eigenvalue weighted by molar-refractivity contribution is 5.09. The van der Waals surface area contributed by atoms with Crippen molar-refractivity contribution < 1.29 is 4.39 Å². The third-order valence-corrected chi connectivity index (χ3v) is 1.64. The smallest absolute Gasteiger partial charge is 0.231 e. The highest BCUT2D eigenvalue weighted by Crippen LogP contribution is 2.38. The molecule has 0 radical (unpaired) electrons. The molecule has 0 spiro atoms. The Hall–Kier alpha value is -0.990. The van der Waals surface area contributed by atoms with Crippen LogP contribution in [0.3, 0.4) is 0 Å². The molecule has 0 saturated heterocycles. The molecule has 0 atom stereocenters. The first-order valence-electron chi connectivity index (χ1n) is 3.34. The van der Waals surface area contributed by atoms with Crippen LogP contribution < -0.4 is 0 Å². The van der Waals surface area contributed by atoms with E-state index in [1.807, 2.05) is 0 Å². The van der Waals surface area contributed by atoms with E-state index in [2.05, 4.69) is 9.97 Å².